The Morgan fingerprint density at radius 1 is 1.33 bits per heavy atom. The van der Waals surface area contributed by atoms with E-state index in [9.17, 15) is 0 Å². The first kappa shape index (κ1) is 9.24. The number of rotatable bonds is 0. The van der Waals surface area contributed by atoms with Crippen molar-refractivity contribution in [3.63, 3.8) is 0 Å². The highest BCUT2D eigenvalue weighted by atomic mass is 16.5. The van der Waals surface area contributed by atoms with Crippen molar-refractivity contribution < 1.29 is 4.74 Å². The summed E-state index contributed by atoms with van der Waals surface area (Å²) in [4.78, 5) is 0. The lowest BCUT2D eigenvalue weighted by molar-refractivity contribution is 0.185. The third-order valence-corrected chi connectivity index (χ3v) is 3.01. The van der Waals surface area contributed by atoms with Gasteiger partial charge in [-0.15, -0.1) is 0 Å². The van der Waals surface area contributed by atoms with Gasteiger partial charge in [0, 0.05) is 0 Å². The Hall–Kier alpha value is -2.32. The maximum atomic E-state index is 9.13. The molecule has 2 aliphatic rings. The van der Waals surface area contributed by atoms with Crippen molar-refractivity contribution in [2.24, 2.45) is 10.8 Å². The van der Waals surface area contributed by atoms with Crippen LogP contribution in [0.2, 0.25) is 0 Å². The first-order chi connectivity index (χ1) is 7.16. The molecule has 1 saturated heterocycles. The van der Waals surface area contributed by atoms with Crippen molar-refractivity contribution in [2.75, 3.05) is 0 Å². The number of hydrogen-bond donors (Lipinski definition) is 1. The minimum Gasteiger partial charge on any atom is -0.469 e. The zero-order valence-corrected chi connectivity index (χ0v) is 7.69. The van der Waals surface area contributed by atoms with E-state index in [0.29, 0.717) is 0 Å². The molecular weight excluding hydrogens is 192 g/mol. The molecule has 1 fully saturated rings. The van der Waals surface area contributed by atoms with Gasteiger partial charge in [0.25, 0.3) is 0 Å². The molecule has 0 radical (unpaired) electrons. The molecule has 2 unspecified atom stereocenters. The molecule has 0 aromatic rings. The van der Waals surface area contributed by atoms with E-state index >= 15 is 0 Å². The molecule has 72 valence electrons. The summed E-state index contributed by atoms with van der Waals surface area (Å²) in [5.74, 6) is -0.275. The zero-order chi connectivity index (χ0) is 11.1. The fraction of sp³-hybridized carbons (Fsp3) is 0.400. The number of nitrogens with zero attached hydrogens (tertiary/aromatic N) is 3. The van der Waals surface area contributed by atoms with E-state index < -0.39 is 16.9 Å². The van der Waals surface area contributed by atoms with E-state index in [-0.39, 0.29) is 12.3 Å². The molecule has 0 spiro atoms. The summed E-state index contributed by atoms with van der Waals surface area (Å²) in [6, 6.07) is 5.61. The van der Waals surface area contributed by atoms with Gasteiger partial charge in [0.05, 0.1) is 18.2 Å². The van der Waals surface area contributed by atoms with Crippen LogP contribution in [0.4, 0.5) is 0 Å². The number of fused-ring (bicyclic) bond motifs is 2. The standard InChI is InChI=1S/C10H6N4O/c11-4-9-3-1-2-7(15-8(9)14)10(9,5-12)6-13/h1-2,7,14H,3H2. The van der Waals surface area contributed by atoms with Gasteiger partial charge in [-0.2, -0.15) is 15.8 Å². The SMILES string of the molecule is N#CC12CC=CC(OC1=N)C2(C#N)C#N. The smallest absolute Gasteiger partial charge is 0.211 e. The van der Waals surface area contributed by atoms with E-state index in [2.05, 4.69) is 0 Å². The van der Waals surface area contributed by atoms with Gasteiger partial charge in [-0.3, -0.25) is 5.41 Å². The van der Waals surface area contributed by atoms with Crippen molar-refractivity contribution in [1.29, 1.82) is 21.2 Å². The van der Waals surface area contributed by atoms with Crippen LogP contribution in [0.15, 0.2) is 12.2 Å². The van der Waals surface area contributed by atoms with Gasteiger partial charge in [0.2, 0.25) is 11.3 Å². The van der Waals surface area contributed by atoms with Crippen LogP contribution < -0.4 is 0 Å². The zero-order valence-electron chi connectivity index (χ0n) is 7.69. The van der Waals surface area contributed by atoms with E-state index in [0.717, 1.165) is 0 Å². The second kappa shape index (κ2) is 2.59. The van der Waals surface area contributed by atoms with Gasteiger partial charge >= 0.3 is 0 Å². The van der Waals surface area contributed by atoms with Crippen molar-refractivity contribution >= 4 is 5.90 Å². The Bertz CT molecular complexity index is 473. The minimum atomic E-state index is -1.58. The maximum Gasteiger partial charge on any atom is 0.211 e. The van der Waals surface area contributed by atoms with Gasteiger partial charge in [0.15, 0.2) is 11.5 Å². The summed E-state index contributed by atoms with van der Waals surface area (Å²) < 4.78 is 5.11. The molecule has 0 aromatic carbocycles. The molecule has 2 rings (SSSR count). The van der Waals surface area contributed by atoms with Gasteiger partial charge in [-0.25, -0.2) is 0 Å². The van der Waals surface area contributed by atoms with E-state index in [4.69, 9.17) is 25.9 Å². The lowest BCUT2D eigenvalue weighted by Crippen LogP contribution is -2.44. The summed E-state index contributed by atoms with van der Waals surface area (Å²) in [5, 5.41) is 34.9. The van der Waals surface area contributed by atoms with Crippen LogP contribution in [0.3, 0.4) is 0 Å². The molecule has 0 saturated carbocycles. The predicted molar refractivity (Wildman–Crippen MR) is 48.1 cm³/mol. The number of allylic oxidation sites excluding steroid dienone is 1. The quantitative estimate of drug-likeness (QED) is 0.583. The summed E-state index contributed by atoms with van der Waals surface area (Å²) in [5.41, 5.74) is -3.01. The lowest BCUT2D eigenvalue weighted by Gasteiger charge is -2.30. The Morgan fingerprint density at radius 2 is 2.00 bits per heavy atom. The number of hydrogen-bond acceptors (Lipinski definition) is 5. The van der Waals surface area contributed by atoms with Crippen molar-refractivity contribution in [2.45, 2.75) is 12.5 Å². The Morgan fingerprint density at radius 3 is 2.47 bits per heavy atom. The molecular formula is C10H6N4O. The molecule has 2 bridgehead atoms. The molecule has 1 heterocycles. The third-order valence-electron chi connectivity index (χ3n) is 3.01. The van der Waals surface area contributed by atoms with Crippen LogP contribution in [-0.4, -0.2) is 12.0 Å². The molecule has 2 atom stereocenters. The first-order valence-corrected chi connectivity index (χ1v) is 4.33. The third kappa shape index (κ3) is 0.732. The van der Waals surface area contributed by atoms with Crippen molar-refractivity contribution in [3.8, 4) is 18.2 Å². The second-order valence-electron chi connectivity index (χ2n) is 3.55. The molecule has 0 aromatic heterocycles. The summed E-state index contributed by atoms with van der Waals surface area (Å²) >= 11 is 0. The van der Waals surface area contributed by atoms with Gasteiger partial charge < -0.3 is 4.74 Å². The van der Waals surface area contributed by atoms with Gasteiger partial charge in [0.1, 0.15) is 0 Å². The number of nitriles is 3. The Balaban J connectivity index is 2.75. The highest BCUT2D eigenvalue weighted by Crippen LogP contribution is 2.54. The normalized spacial score (nSPS) is 34.7. The fourth-order valence-electron chi connectivity index (χ4n) is 2.07. The lowest BCUT2D eigenvalue weighted by atomic mass is 9.60. The largest absolute Gasteiger partial charge is 0.469 e. The average Bonchev–Trinajstić information content (AvgIpc) is 2.38. The van der Waals surface area contributed by atoms with Crippen LogP contribution in [0, 0.1) is 50.2 Å². The van der Waals surface area contributed by atoms with Crippen LogP contribution in [0.5, 0.6) is 0 Å². The summed E-state index contributed by atoms with van der Waals surface area (Å²) in [6.45, 7) is 0. The van der Waals surface area contributed by atoms with Gasteiger partial charge in [-0.1, -0.05) is 6.08 Å². The average molecular weight is 198 g/mol. The predicted octanol–water partition coefficient (Wildman–Crippen LogP) is 0.866. The fourth-order valence-corrected chi connectivity index (χ4v) is 2.07. The second-order valence-corrected chi connectivity index (χ2v) is 3.55. The Kier molecular flexibility index (Phi) is 1.60. The maximum absolute atomic E-state index is 9.13. The van der Waals surface area contributed by atoms with Crippen LogP contribution in [-0.2, 0) is 4.74 Å². The van der Waals surface area contributed by atoms with E-state index in [1.165, 1.54) is 0 Å². The van der Waals surface area contributed by atoms with Crippen molar-refractivity contribution in [3.05, 3.63) is 12.2 Å². The molecule has 5 nitrogen and oxygen atoms in total. The molecule has 0 amide bonds. The van der Waals surface area contributed by atoms with Crippen molar-refractivity contribution in [1.82, 2.24) is 0 Å². The molecule has 5 heteroatoms. The topological polar surface area (TPSA) is 104 Å². The molecule has 1 N–H and O–H groups in total. The highest BCUT2D eigenvalue weighted by molar-refractivity contribution is 5.89. The van der Waals surface area contributed by atoms with Crippen LogP contribution >= 0.6 is 0 Å². The molecule has 1 aliphatic carbocycles. The molecule has 15 heavy (non-hydrogen) atoms. The first-order valence-electron chi connectivity index (χ1n) is 4.33. The number of nitrogens with one attached hydrogen (secondary N) is 1. The van der Waals surface area contributed by atoms with Crippen LogP contribution in [0.1, 0.15) is 6.42 Å². The minimum absolute atomic E-state index is 0.181. The Labute approximate surface area is 86.3 Å². The summed E-state index contributed by atoms with van der Waals surface area (Å²) in [6.07, 6.45) is 2.64. The van der Waals surface area contributed by atoms with E-state index in [1.807, 2.05) is 18.2 Å². The summed E-state index contributed by atoms with van der Waals surface area (Å²) in [7, 11) is 0. The number of ether oxygens (including phenoxy) is 1. The van der Waals surface area contributed by atoms with Gasteiger partial charge in [-0.05, 0) is 12.5 Å². The monoisotopic (exact) mass is 198 g/mol. The molecule has 1 aliphatic heterocycles. The van der Waals surface area contributed by atoms with Crippen LogP contribution in [0.25, 0.3) is 0 Å². The highest BCUT2D eigenvalue weighted by Gasteiger charge is 2.69. The van der Waals surface area contributed by atoms with E-state index in [1.54, 1.807) is 12.2 Å².